The molecule has 0 fully saturated rings. The van der Waals surface area contributed by atoms with Crippen LogP contribution in [0.4, 0.5) is 5.69 Å². The minimum absolute atomic E-state index is 0. The predicted octanol–water partition coefficient (Wildman–Crippen LogP) is 2.93. The van der Waals surface area contributed by atoms with Gasteiger partial charge in [-0.2, -0.15) is 0 Å². The fraction of sp³-hybridized carbons (Fsp3) is 0.389. The molecular formula is C18H24BrN3O4. The van der Waals surface area contributed by atoms with Gasteiger partial charge in [0.2, 0.25) is 5.91 Å². The average Bonchev–Trinajstić information content (AvgIpc) is 2.58. The lowest BCUT2D eigenvalue weighted by Crippen LogP contribution is -2.36. The minimum atomic E-state index is -1.08. The standard InChI is InChI=1S/C18H22BrN3O3.H2O/c1-3-7-22(8-4-2)16(23)11-21-17-13-9-12(19)5-6-15(13)20-10-14(17)18(24)25;/h5-6,9-10H,3-4,7-8,11H2,1-2H3,(H,20,21)(H,24,25);1H2. The van der Waals surface area contributed by atoms with Crippen molar-refractivity contribution in [2.75, 3.05) is 25.0 Å². The number of aromatic carboxylic acids is 1. The number of hydrogen-bond donors (Lipinski definition) is 2. The molecular weight excluding hydrogens is 402 g/mol. The summed E-state index contributed by atoms with van der Waals surface area (Å²) in [7, 11) is 0. The summed E-state index contributed by atoms with van der Waals surface area (Å²) in [5, 5.41) is 13.1. The van der Waals surface area contributed by atoms with Gasteiger partial charge >= 0.3 is 5.97 Å². The Morgan fingerprint density at radius 2 is 1.88 bits per heavy atom. The zero-order valence-electron chi connectivity index (χ0n) is 14.9. The number of carbonyl (C=O) groups excluding carboxylic acids is 1. The van der Waals surface area contributed by atoms with Crippen LogP contribution in [0.5, 0.6) is 0 Å². The van der Waals surface area contributed by atoms with Gasteiger partial charge in [-0.25, -0.2) is 4.79 Å². The Bertz CT molecular complexity index is 776. The van der Waals surface area contributed by atoms with Gasteiger partial charge in [0, 0.05) is 29.1 Å². The van der Waals surface area contributed by atoms with Crippen LogP contribution in [-0.4, -0.2) is 52.0 Å². The van der Waals surface area contributed by atoms with Crippen molar-refractivity contribution in [2.24, 2.45) is 0 Å². The molecule has 1 aromatic heterocycles. The first-order chi connectivity index (χ1) is 12.0. The fourth-order valence-electron chi connectivity index (χ4n) is 2.69. The summed E-state index contributed by atoms with van der Waals surface area (Å²) in [5.41, 5.74) is 1.14. The molecule has 0 spiro atoms. The summed E-state index contributed by atoms with van der Waals surface area (Å²) in [6.45, 7) is 5.50. The van der Waals surface area contributed by atoms with Gasteiger partial charge in [-0.3, -0.25) is 9.78 Å². The van der Waals surface area contributed by atoms with Gasteiger partial charge in [-0.1, -0.05) is 29.8 Å². The molecule has 2 aromatic rings. The molecule has 7 nitrogen and oxygen atoms in total. The third kappa shape index (κ3) is 5.15. The number of anilines is 1. The van der Waals surface area contributed by atoms with Crippen molar-refractivity contribution in [1.29, 1.82) is 0 Å². The van der Waals surface area contributed by atoms with Crippen LogP contribution in [0.2, 0.25) is 0 Å². The van der Waals surface area contributed by atoms with Crippen LogP contribution in [0, 0.1) is 0 Å². The van der Waals surface area contributed by atoms with E-state index < -0.39 is 5.97 Å². The Hall–Kier alpha value is -2.19. The summed E-state index contributed by atoms with van der Waals surface area (Å²) in [5.74, 6) is -1.12. The first-order valence-corrected chi connectivity index (χ1v) is 9.10. The van der Waals surface area contributed by atoms with Crippen LogP contribution < -0.4 is 5.32 Å². The zero-order chi connectivity index (χ0) is 18.4. The number of halogens is 1. The molecule has 1 aromatic carbocycles. The number of amides is 1. The van der Waals surface area contributed by atoms with Gasteiger partial charge in [0.15, 0.2) is 0 Å². The topological polar surface area (TPSA) is 114 Å². The van der Waals surface area contributed by atoms with Crippen molar-refractivity contribution in [3.63, 3.8) is 0 Å². The maximum atomic E-state index is 12.5. The molecule has 0 aliphatic carbocycles. The minimum Gasteiger partial charge on any atom is -0.478 e. The molecule has 0 aliphatic rings. The summed E-state index contributed by atoms with van der Waals surface area (Å²) in [6.07, 6.45) is 3.09. The first kappa shape index (κ1) is 21.9. The van der Waals surface area contributed by atoms with Crippen LogP contribution in [0.3, 0.4) is 0 Å². The lowest BCUT2D eigenvalue weighted by Gasteiger charge is -2.22. The van der Waals surface area contributed by atoms with Crippen molar-refractivity contribution in [1.82, 2.24) is 9.88 Å². The largest absolute Gasteiger partial charge is 0.478 e. The summed E-state index contributed by atoms with van der Waals surface area (Å²) in [6, 6.07) is 5.45. The number of nitrogens with one attached hydrogen (secondary N) is 1. The van der Waals surface area contributed by atoms with E-state index in [1.807, 2.05) is 19.9 Å². The van der Waals surface area contributed by atoms with Gasteiger partial charge in [-0.05, 0) is 31.0 Å². The number of hydrogen-bond acceptors (Lipinski definition) is 4. The van der Waals surface area contributed by atoms with E-state index in [0.717, 1.165) is 17.3 Å². The number of nitrogens with zero attached hydrogens (tertiary/aromatic N) is 2. The van der Waals surface area contributed by atoms with Gasteiger partial charge < -0.3 is 20.8 Å². The van der Waals surface area contributed by atoms with E-state index in [4.69, 9.17) is 0 Å². The van der Waals surface area contributed by atoms with Crippen molar-refractivity contribution >= 4 is 44.4 Å². The van der Waals surface area contributed by atoms with E-state index in [9.17, 15) is 14.7 Å². The molecule has 0 bridgehead atoms. The van der Waals surface area contributed by atoms with Gasteiger partial charge in [0.25, 0.3) is 0 Å². The molecule has 0 aliphatic heterocycles. The Morgan fingerprint density at radius 3 is 2.46 bits per heavy atom. The normalized spacial score (nSPS) is 10.3. The number of fused-ring (bicyclic) bond motifs is 1. The number of rotatable bonds is 8. The number of pyridine rings is 1. The van der Waals surface area contributed by atoms with E-state index >= 15 is 0 Å². The molecule has 0 saturated carbocycles. The van der Waals surface area contributed by atoms with Gasteiger partial charge in [0.1, 0.15) is 5.56 Å². The van der Waals surface area contributed by atoms with Crippen LogP contribution in [0.1, 0.15) is 37.0 Å². The second kappa shape index (κ2) is 10.1. The first-order valence-electron chi connectivity index (χ1n) is 8.31. The van der Waals surface area contributed by atoms with E-state index in [-0.39, 0.29) is 23.5 Å². The molecule has 0 saturated heterocycles. The van der Waals surface area contributed by atoms with Crippen molar-refractivity contribution in [3.05, 3.63) is 34.4 Å². The van der Waals surface area contributed by atoms with Crippen molar-refractivity contribution < 1.29 is 20.2 Å². The molecule has 142 valence electrons. The molecule has 26 heavy (non-hydrogen) atoms. The number of benzene rings is 1. The third-order valence-corrected chi connectivity index (χ3v) is 4.31. The maximum Gasteiger partial charge on any atom is 0.339 e. The Labute approximate surface area is 160 Å². The summed E-state index contributed by atoms with van der Waals surface area (Å²) in [4.78, 5) is 30.0. The SMILES string of the molecule is CCCN(CCC)C(=O)CNc1c(C(=O)O)cnc2ccc(Br)cc12.O. The number of carbonyl (C=O) groups is 2. The predicted molar refractivity (Wildman–Crippen MR) is 106 cm³/mol. The fourth-order valence-corrected chi connectivity index (χ4v) is 3.06. The smallest absolute Gasteiger partial charge is 0.339 e. The second-order valence-electron chi connectivity index (χ2n) is 5.75. The molecule has 0 atom stereocenters. The highest BCUT2D eigenvalue weighted by molar-refractivity contribution is 9.10. The molecule has 1 amide bonds. The summed E-state index contributed by atoms with van der Waals surface area (Å²) >= 11 is 3.39. The number of aromatic nitrogens is 1. The van der Waals surface area contributed by atoms with Crippen LogP contribution in [-0.2, 0) is 4.79 Å². The average molecular weight is 426 g/mol. The number of carboxylic acids is 1. The van der Waals surface area contributed by atoms with Crippen molar-refractivity contribution in [3.8, 4) is 0 Å². The van der Waals surface area contributed by atoms with E-state index in [1.165, 1.54) is 6.20 Å². The highest BCUT2D eigenvalue weighted by atomic mass is 79.9. The molecule has 2 rings (SSSR count). The van der Waals surface area contributed by atoms with E-state index in [0.29, 0.717) is 29.7 Å². The molecule has 0 radical (unpaired) electrons. The Kier molecular flexibility index (Phi) is 8.47. The lowest BCUT2D eigenvalue weighted by molar-refractivity contribution is -0.129. The monoisotopic (exact) mass is 425 g/mol. The van der Waals surface area contributed by atoms with Gasteiger partial charge in [0.05, 0.1) is 17.7 Å². The molecule has 0 unspecified atom stereocenters. The molecule has 1 heterocycles. The van der Waals surface area contributed by atoms with Crippen LogP contribution in [0.15, 0.2) is 28.9 Å². The maximum absolute atomic E-state index is 12.5. The number of carboxylic acid groups (broad SMARTS) is 1. The Balaban J connectivity index is 0.00000338. The van der Waals surface area contributed by atoms with Crippen LogP contribution >= 0.6 is 15.9 Å². The quantitative estimate of drug-likeness (QED) is 0.674. The van der Waals surface area contributed by atoms with Crippen molar-refractivity contribution in [2.45, 2.75) is 26.7 Å². The highest BCUT2D eigenvalue weighted by Crippen LogP contribution is 2.28. The second-order valence-corrected chi connectivity index (χ2v) is 6.66. The highest BCUT2D eigenvalue weighted by Gasteiger charge is 2.17. The van der Waals surface area contributed by atoms with E-state index in [2.05, 4.69) is 26.2 Å². The molecule has 8 heteroatoms. The third-order valence-electron chi connectivity index (χ3n) is 3.82. The van der Waals surface area contributed by atoms with E-state index in [1.54, 1.807) is 17.0 Å². The Morgan fingerprint density at radius 1 is 1.23 bits per heavy atom. The van der Waals surface area contributed by atoms with Crippen LogP contribution in [0.25, 0.3) is 10.9 Å². The summed E-state index contributed by atoms with van der Waals surface area (Å²) < 4.78 is 0.817. The van der Waals surface area contributed by atoms with Gasteiger partial charge in [-0.15, -0.1) is 0 Å². The zero-order valence-corrected chi connectivity index (χ0v) is 16.5. The molecule has 4 N–H and O–H groups in total. The lowest BCUT2D eigenvalue weighted by atomic mass is 10.1.